The van der Waals surface area contributed by atoms with E-state index in [0.717, 1.165) is 17.6 Å². The Morgan fingerprint density at radius 2 is 2.08 bits per heavy atom. The highest BCUT2D eigenvalue weighted by atomic mass is 16.5. The Kier molecular flexibility index (Phi) is 8.11. The summed E-state index contributed by atoms with van der Waals surface area (Å²) in [6.45, 7) is 14.1. The molecule has 0 spiro atoms. The Morgan fingerprint density at radius 3 is 2.83 bits per heavy atom. The number of nitrogens with zero attached hydrogens (tertiary/aromatic N) is 7. The third-order valence-corrected chi connectivity index (χ3v) is 6.25. The van der Waals surface area contributed by atoms with Crippen LogP contribution in [0.1, 0.15) is 20.8 Å². The van der Waals surface area contributed by atoms with Crippen molar-refractivity contribution in [3.8, 4) is 0 Å². The number of aromatic nitrogens is 5. The van der Waals surface area contributed by atoms with E-state index in [1.54, 1.807) is 33.8 Å². The average Bonchev–Trinajstić information content (AvgIpc) is 3.30. The van der Waals surface area contributed by atoms with Crippen LogP contribution in [0.2, 0.25) is 0 Å². The number of piperazine rings is 1. The van der Waals surface area contributed by atoms with Gasteiger partial charge in [-0.1, -0.05) is 6.58 Å². The van der Waals surface area contributed by atoms with Gasteiger partial charge in [0.2, 0.25) is 11.9 Å². The van der Waals surface area contributed by atoms with Crippen LogP contribution in [0.15, 0.2) is 48.2 Å². The molecular weight excluding hydrogens is 460 g/mol. The molecule has 0 radical (unpaired) electrons. The molecule has 3 aromatic rings. The van der Waals surface area contributed by atoms with Gasteiger partial charge in [0.05, 0.1) is 31.1 Å². The molecule has 1 aliphatic rings. The second kappa shape index (κ2) is 11.4. The van der Waals surface area contributed by atoms with E-state index in [9.17, 15) is 9.59 Å². The molecule has 11 heteroatoms. The molecule has 36 heavy (non-hydrogen) atoms. The van der Waals surface area contributed by atoms with Crippen LogP contribution in [-0.4, -0.2) is 85.0 Å². The van der Waals surface area contributed by atoms with Crippen LogP contribution < -0.4 is 10.9 Å². The van der Waals surface area contributed by atoms with Gasteiger partial charge in [-0.2, -0.15) is 10.1 Å². The van der Waals surface area contributed by atoms with Crippen molar-refractivity contribution in [3.05, 3.63) is 53.7 Å². The van der Waals surface area contributed by atoms with E-state index in [2.05, 4.69) is 38.8 Å². The first-order valence-corrected chi connectivity index (χ1v) is 12.3. The fraction of sp³-hybridized carbons (Fsp3) is 0.480. The van der Waals surface area contributed by atoms with Crippen molar-refractivity contribution in [2.24, 2.45) is 0 Å². The number of amides is 1. The Morgan fingerprint density at radius 1 is 1.25 bits per heavy atom. The number of rotatable bonds is 10. The maximum absolute atomic E-state index is 12.8. The molecule has 1 saturated heterocycles. The highest BCUT2D eigenvalue weighted by Gasteiger charge is 2.25. The standard InChI is InChI=1S/C25H34N8O3/c1-5-22(34)31-9-8-30(19(4)16-31)10-11-33-23(35)7-6-20-14-26-25(29-24(20)33)28-21-15-27-32(17-21)12-13-36-18(2)3/h5-7,14-15,17-19H,1,8-13,16H2,2-4H3,(H,26,28,29)/t19-/m0/s1. The van der Waals surface area contributed by atoms with Gasteiger partial charge in [-0.25, -0.2) is 4.98 Å². The van der Waals surface area contributed by atoms with Gasteiger partial charge in [0, 0.05) is 62.6 Å². The van der Waals surface area contributed by atoms with Crippen molar-refractivity contribution in [1.29, 1.82) is 0 Å². The van der Waals surface area contributed by atoms with Crippen LogP contribution >= 0.6 is 0 Å². The van der Waals surface area contributed by atoms with Gasteiger partial charge in [0.15, 0.2) is 0 Å². The summed E-state index contributed by atoms with van der Waals surface area (Å²) in [5.74, 6) is 0.350. The molecule has 0 bridgehead atoms. The number of anilines is 2. The zero-order valence-corrected chi connectivity index (χ0v) is 21.1. The van der Waals surface area contributed by atoms with Gasteiger partial charge in [0.1, 0.15) is 5.65 Å². The molecule has 11 nitrogen and oxygen atoms in total. The molecule has 3 aromatic heterocycles. The summed E-state index contributed by atoms with van der Waals surface area (Å²) in [5, 5.41) is 8.31. The predicted molar refractivity (Wildman–Crippen MR) is 138 cm³/mol. The molecule has 4 rings (SSSR count). The molecule has 0 unspecified atom stereocenters. The molecular formula is C25H34N8O3. The molecule has 0 aliphatic carbocycles. The van der Waals surface area contributed by atoms with Crippen molar-refractivity contribution in [3.63, 3.8) is 0 Å². The number of nitrogens with one attached hydrogen (secondary N) is 1. The zero-order valence-electron chi connectivity index (χ0n) is 21.1. The second-order valence-corrected chi connectivity index (χ2v) is 9.21. The summed E-state index contributed by atoms with van der Waals surface area (Å²) in [4.78, 5) is 37.9. The highest BCUT2D eigenvalue weighted by molar-refractivity contribution is 5.87. The van der Waals surface area contributed by atoms with E-state index < -0.39 is 0 Å². The molecule has 192 valence electrons. The van der Waals surface area contributed by atoms with Gasteiger partial charge < -0.3 is 15.0 Å². The van der Waals surface area contributed by atoms with Gasteiger partial charge in [-0.05, 0) is 32.9 Å². The first-order chi connectivity index (χ1) is 17.3. The van der Waals surface area contributed by atoms with Crippen molar-refractivity contribution < 1.29 is 9.53 Å². The summed E-state index contributed by atoms with van der Waals surface area (Å²) in [6.07, 6.45) is 6.82. The molecule has 1 amide bonds. The molecule has 0 saturated carbocycles. The summed E-state index contributed by atoms with van der Waals surface area (Å²) in [5.41, 5.74) is 1.22. The van der Waals surface area contributed by atoms with Gasteiger partial charge in [-0.15, -0.1) is 0 Å². The van der Waals surface area contributed by atoms with E-state index in [4.69, 9.17) is 4.74 Å². The lowest BCUT2D eigenvalue weighted by molar-refractivity contribution is -0.128. The third kappa shape index (κ3) is 6.16. The van der Waals surface area contributed by atoms with Crippen molar-refractivity contribution in [2.75, 3.05) is 38.1 Å². The monoisotopic (exact) mass is 494 g/mol. The lowest BCUT2D eigenvalue weighted by atomic mass is 10.2. The number of hydrogen-bond acceptors (Lipinski definition) is 8. The lowest BCUT2D eigenvalue weighted by Crippen LogP contribution is -2.54. The smallest absolute Gasteiger partial charge is 0.252 e. The summed E-state index contributed by atoms with van der Waals surface area (Å²) in [7, 11) is 0. The SMILES string of the molecule is C=CC(=O)N1CCN(CCn2c(=O)ccc3cnc(Nc4cnn(CCOC(C)C)c4)nc32)[C@@H](C)C1. The van der Waals surface area contributed by atoms with Crippen LogP contribution in [0.4, 0.5) is 11.6 Å². The van der Waals surface area contributed by atoms with Crippen LogP contribution in [-0.2, 0) is 22.6 Å². The Bertz CT molecular complexity index is 1270. The predicted octanol–water partition coefficient (Wildman–Crippen LogP) is 1.88. The Balaban J connectivity index is 1.45. The average molecular weight is 495 g/mol. The summed E-state index contributed by atoms with van der Waals surface area (Å²) < 4.78 is 9.06. The van der Waals surface area contributed by atoms with Crippen molar-refractivity contribution in [2.45, 2.75) is 46.0 Å². The van der Waals surface area contributed by atoms with Crippen molar-refractivity contribution in [1.82, 2.24) is 34.1 Å². The number of carbonyl (C=O) groups is 1. The fourth-order valence-corrected chi connectivity index (χ4v) is 4.29. The fourth-order valence-electron chi connectivity index (χ4n) is 4.29. The normalized spacial score (nSPS) is 16.6. The van der Waals surface area contributed by atoms with Crippen molar-refractivity contribution >= 4 is 28.6 Å². The molecule has 1 fully saturated rings. The number of ether oxygens (including phenoxy) is 1. The minimum atomic E-state index is -0.113. The van der Waals surface area contributed by atoms with E-state index in [0.29, 0.717) is 50.9 Å². The van der Waals surface area contributed by atoms with E-state index >= 15 is 0 Å². The molecule has 1 aliphatic heterocycles. The van der Waals surface area contributed by atoms with Crippen LogP contribution in [0.5, 0.6) is 0 Å². The molecule has 1 N–H and O–H groups in total. The topological polar surface area (TPSA) is 110 Å². The van der Waals surface area contributed by atoms with E-state index in [1.165, 1.54) is 6.08 Å². The van der Waals surface area contributed by atoms with Crippen LogP contribution in [0.25, 0.3) is 11.0 Å². The quantitative estimate of drug-likeness (QED) is 0.426. The second-order valence-electron chi connectivity index (χ2n) is 9.21. The molecule has 0 aromatic carbocycles. The maximum atomic E-state index is 12.8. The first kappa shape index (κ1) is 25.5. The Labute approximate surface area is 210 Å². The minimum Gasteiger partial charge on any atom is -0.377 e. The van der Waals surface area contributed by atoms with Crippen LogP contribution in [0.3, 0.4) is 0 Å². The number of carbonyl (C=O) groups excluding carboxylic acids is 1. The Hall–Kier alpha value is -3.57. The van der Waals surface area contributed by atoms with E-state index in [1.807, 2.05) is 24.9 Å². The van der Waals surface area contributed by atoms with Crippen LogP contribution in [0, 0.1) is 0 Å². The number of fused-ring (bicyclic) bond motifs is 1. The van der Waals surface area contributed by atoms with E-state index in [-0.39, 0.29) is 23.6 Å². The third-order valence-electron chi connectivity index (χ3n) is 6.25. The summed E-state index contributed by atoms with van der Waals surface area (Å²) >= 11 is 0. The largest absolute Gasteiger partial charge is 0.377 e. The minimum absolute atomic E-state index is 0.0436. The van der Waals surface area contributed by atoms with Gasteiger partial charge in [-0.3, -0.25) is 23.7 Å². The number of hydrogen-bond donors (Lipinski definition) is 1. The van der Waals surface area contributed by atoms with Gasteiger partial charge in [0.25, 0.3) is 5.56 Å². The molecule has 4 heterocycles. The van der Waals surface area contributed by atoms with Gasteiger partial charge >= 0.3 is 0 Å². The first-order valence-electron chi connectivity index (χ1n) is 12.3. The number of pyridine rings is 1. The molecule has 1 atom stereocenters. The lowest BCUT2D eigenvalue weighted by Gasteiger charge is -2.39. The summed E-state index contributed by atoms with van der Waals surface area (Å²) in [6, 6.07) is 3.47. The maximum Gasteiger partial charge on any atom is 0.252 e. The highest BCUT2D eigenvalue weighted by Crippen LogP contribution is 2.16. The zero-order chi connectivity index (χ0) is 25.7.